The minimum atomic E-state index is -4.93. The molecular weight excluding hydrogens is 235 g/mol. The highest BCUT2D eigenvalue weighted by molar-refractivity contribution is 5.50. The molecule has 0 saturated heterocycles. The van der Waals surface area contributed by atoms with E-state index in [1.54, 1.807) is 0 Å². The first kappa shape index (κ1) is 12.2. The summed E-state index contributed by atoms with van der Waals surface area (Å²) in [6.07, 6.45) is -8.09. The van der Waals surface area contributed by atoms with Gasteiger partial charge in [-0.2, -0.15) is 18.4 Å². The summed E-state index contributed by atoms with van der Waals surface area (Å²) in [5.74, 6) is -1.44. The Hall–Kier alpha value is -1.91. The second-order valence-corrected chi connectivity index (χ2v) is 2.69. The normalized spacial score (nSPS) is 11.6. The third-order valence-electron chi connectivity index (χ3n) is 1.71. The quantitative estimate of drug-likeness (QED) is 0.765. The van der Waals surface area contributed by atoms with Crippen LogP contribution in [0.15, 0.2) is 6.20 Å². The predicted octanol–water partition coefficient (Wildman–Crippen LogP) is 2.62. The third-order valence-corrected chi connectivity index (χ3v) is 1.71. The Morgan fingerprint density at radius 3 is 2.31 bits per heavy atom. The molecule has 86 valence electrons. The van der Waals surface area contributed by atoms with Crippen molar-refractivity contribution in [2.24, 2.45) is 0 Å². The number of alkyl halides is 5. The fraction of sp³-hybridized carbons (Fsp3) is 0.250. The smallest absolute Gasteiger partial charge is 0.419 e. The van der Waals surface area contributed by atoms with Gasteiger partial charge in [0.1, 0.15) is 17.3 Å². The summed E-state index contributed by atoms with van der Waals surface area (Å²) in [7, 11) is 0. The van der Waals surface area contributed by atoms with Gasteiger partial charge in [-0.1, -0.05) is 0 Å². The van der Waals surface area contributed by atoms with Crippen molar-refractivity contribution in [1.82, 2.24) is 4.98 Å². The largest absolute Gasteiger partial charge is 0.505 e. The molecule has 0 saturated carbocycles. The molecule has 0 spiro atoms. The molecular formula is C8H3F5N2O. The molecule has 1 rings (SSSR count). The van der Waals surface area contributed by atoms with Crippen LogP contribution >= 0.6 is 0 Å². The van der Waals surface area contributed by atoms with Gasteiger partial charge in [0.2, 0.25) is 0 Å². The van der Waals surface area contributed by atoms with E-state index in [0.29, 0.717) is 0 Å². The fourth-order valence-electron chi connectivity index (χ4n) is 1.00. The Labute approximate surface area is 85.8 Å². The molecule has 3 nitrogen and oxygen atoms in total. The van der Waals surface area contributed by atoms with Gasteiger partial charge in [-0.05, 0) is 0 Å². The monoisotopic (exact) mass is 238 g/mol. The minimum Gasteiger partial charge on any atom is -0.505 e. The Morgan fingerprint density at radius 1 is 1.38 bits per heavy atom. The second-order valence-electron chi connectivity index (χ2n) is 2.69. The second kappa shape index (κ2) is 3.92. The predicted molar refractivity (Wildman–Crippen MR) is 40.6 cm³/mol. The van der Waals surface area contributed by atoms with Gasteiger partial charge < -0.3 is 5.11 Å². The maximum absolute atomic E-state index is 12.3. The van der Waals surface area contributed by atoms with Crippen molar-refractivity contribution in [3.8, 4) is 11.8 Å². The van der Waals surface area contributed by atoms with Crippen LogP contribution in [0.3, 0.4) is 0 Å². The average Bonchev–Trinajstić information content (AvgIpc) is 2.15. The third kappa shape index (κ3) is 2.03. The van der Waals surface area contributed by atoms with E-state index in [0.717, 1.165) is 6.07 Å². The summed E-state index contributed by atoms with van der Waals surface area (Å²) in [5, 5.41) is 17.4. The number of aromatic hydroxyl groups is 1. The van der Waals surface area contributed by atoms with Crippen molar-refractivity contribution in [2.45, 2.75) is 12.6 Å². The van der Waals surface area contributed by atoms with Crippen LogP contribution in [-0.4, -0.2) is 10.1 Å². The molecule has 16 heavy (non-hydrogen) atoms. The lowest BCUT2D eigenvalue weighted by Crippen LogP contribution is -2.10. The van der Waals surface area contributed by atoms with Crippen LogP contribution in [0.25, 0.3) is 0 Å². The highest BCUT2D eigenvalue weighted by Gasteiger charge is 2.37. The van der Waals surface area contributed by atoms with Crippen molar-refractivity contribution >= 4 is 0 Å². The van der Waals surface area contributed by atoms with Crippen molar-refractivity contribution in [3.05, 3.63) is 23.0 Å². The topological polar surface area (TPSA) is 56.9 Å². The summed E-state index contributed by atoms with van der Waals surface area (Å²) in [4.78, 5) is 2.78. The van der Waals surface area contributed by atoms with Crippen LogP contribution in [0.5, 0.6) is 5.75 Å². The zero-order valence-corrected chi connectivity index (χ0v) is 7.39. The average molecular weight is 238 g/mol. The standard InChI is InChI=1S/C8H3F5N2O/c9-7(10)5-6(16)3(1-14)4(2-15-5)8(11,12)13/h2,7,16H. The van der Waals surface area contributed by atoms with E-state index in [4.69, 9.17) is 10.4 Å². The summed E-state index contributed by atoms with van der Waals surface area (Å²) in [6.45, 7) is 0. The lowest BCUT2D eigenvalue weighted by atomic mass is 10.1. The van der Waals surface area contributed by atoms with Gasteiger partial charge in [-0.25, -0.2) is 8.78 Å². The minimum absolute atomic E-state index is 0.0970. The Kier molecular flexibility index (Phi) is 2.98. The number of hydrogen-bond acceptors (Lipinski definition) is 3. The molecule has 0 unspecified atom stereocenters. The first-order chi connectivity index (χ1) is 7.29. The van der Waals surface area contributed by atoms with E-state index < -0.39 is 35.2 Å². The summed E-state index contributed by atoms with van der Waals surface area (Å²) >= 11 is 0. The van der Waals surface area contributed by atoms with E-state index in [1.807, 2.05) is 0 Å². The Bertz CT molecular complexity index is 449. The van der Waals surface area contributed by atoms with Gasteiger partial charge in [-0.15, -0.1) is 0 Å². The number of nitriles is 1. The molecule has 0 aliphatic carbocycles. The number of halogens is 5. The van der Waals surface area contributed by atoms with Gasteiger partial charge in [0.25, 0.3) is 6.43 Å². The van der Waals surface area contributed by atoms with Crippen molar-refractivity contribution in [1.29, 1.82) is 5.26 Å². The molecule has 0 amide bonds. The fourth-order valence-corrected chi connectivity index (χ4v) is 1.00. The maximum Gasteiger partial charge on any atom is 0.419 e. The summed E-state index contributed by atoms with van der Waals surface area (Å²) in [6, 6.07) is 1.02. The molecule has 0 aliphatic rings. The molecule has 1 aromatic heterocycles. The molecule has 0 aromatic carbocycles. The molecule has 1 heterocycles. The van der Waals surface area contributed by atoms with Crippen LogP contribution in [0.4, 0.5) is 22.0 Å². The first-order valence-electron chi connectivity index (χ1n) is 3.76. The van der Waals surface area contributed by atoms with Crippen molar-refractivity contribution in [3.63, 3.8) is 0 Å². The molecule has 8 heteroatoms. The molecule has 0 bridgehead atoms. The van der Waals surface area contributed by atoms with Crippen LogP contribution < -0.4 is 0 Å². The number of pyridine rings is 1. The van der Waals surface area contributed by atoms with Gasteiger partial charge in [0.15, 0.2) is 5.75 Å². The molecule has 1 N–H and O–H groups in total. The zero-order valence-electron chi connectivity index (χ0n) is 7.39. The van der Waals surface area contributed by atoms with Crippen LogP contribution in [0.2, 0.25) is 0 Å². The number of hydrogen-bond donors (Lipinski definition) is 1. The molecule has 0 aliphatic heterocycles. The highest BCUT2D eigenvalue weighted by atomic mass is 19.4. The summed E-state index contributed by atoms with van der Waals surface area (Å²) < 4.78 is 61.1. The van der Waals surface area contributed by atoms with E-state index in [-0.39, 0.29) is 6.20 Å². The van der Waals surface area contributed by atoms with E-state index >= 15 is 0 Å². The maximum atomic E-state index is 12.3. The van der Waals surface area contributed by atoms with Crippen LogP contribution in [-0.2, 0) is 6.18 Å². The zero-order chi connectivity index (χ0) is 12.5. The van der Waals surface area contributed by atoms with Crippen molar-refractivity contribution < 1.29 is 27.1 Å². The Morgan fingerprint density at radius 2 is 1.94 bits per heavy atom. The number of aromatic nitrogens is 1. The van der Waals surface area contributed by atoms with Gasteiger partial charge in [0, 0.05) is 6.20 Å². The number of rotatable bonds is 1. The molecule has 1 aromatic rings. The van der Waals surface area contributed by atoms with E-state index in [1.165, 1.54) is 0 Å². The van der Waals surface area contributed by atoms with Gasteiger partial charge >= 0.3 is 6.18 Å². The number of nitrogens with zero attached hydrogens (tertiary/aromatic N) is 2. The van der Waals surface area contributed by atoms with Gasteiger partial charge in [0.05, 0.1) is 5.56 Å². The highest BCUT2D eigenvalue weighted by Crippen LogP contribution is 2.38. The van der Waals surface area contributed by atoms with E-state index in [2.05, 4.69) is 4.98 Å². The first-order valence-corrected chi connectivity index (χ1v) is 3.76. The lowest BCUT2D eigenvalue weighted by molar-refractivity contribution is -0.138. The van der Waals surface area contributed by atoms with Crippen molar-refractivity contribution in [2.75, 3.05) is 0 Å². The Balaban J connectivity index is 3.49. The SMILES string of the molecule is N#Cc1c(C(F)(F)F)cnc(C(F)F)c1O. The van der Waals surface area contributed by atoms with E-state index in [9.17, 15) is 22.0 Å². The van der Waals surface area contributed by atoms with Crippen LogP contribution in [0, 0.1) is 11.3 Å². The lowest BCUT2D eigenvalue weighted by Gasteiger charge is -2.11. The summed E-state index contributed by atoms with van der Waals surface area (Å²) in [5.41, 5.74) is -4.04. The molecule has 0 radical (unpaired) electrons. The molecule has 0 atom stereocenters. The molecule has 0 fully saturated rings. The van der Waals surface area contributed by atoms with Crippen LogP contribution in [0.1, 0.15) is 23.2 Å². The van der Waals surface area contributed by atoms with Gasteiger partial charge in [-0.3, -0.25) is 4.98 Å².